The Morgan fingerprint density at radius 3 is 2.75 bits per heavy atom. The van der Waals surface area contributed by atoms with Gasteiger partial charge in [-0.15, -0.1) is 0 Å². The molecule has 8 nitrogen and oxygen atoms in total. The minimum atomic E-state index is -3.47. The third-order valence-corrected chi connectivity index (χ3v) is 3.08. The van der Waals surface area contributed by atoms with Crippen LogP contribution in [-0.2, 0) is 4.74 Å². The van der Waals surface area contributed by atoms with Gasteiger partial charge in [-0.1, -0.05) is 0 Å². The maximum atomic E-state index is 13.6. The molecule has 1 aromatic heterocycles. The highest BCUT2D eigenvalue weighted by atomic mass is 19.3. The molecular weight excluding hydrogens is 328 g/mol. The lowest BCUT2D eigenvalue weighted by Gasteiger charge is -2.17. The normalized spacial score (nSPS) is 11.3. The zero-order valence-corrected chi connectivity index (χ0v) is 12.5. The van der Waals surface area contributed by atoms with Crippen LogP contribution in [0, 0.1) is 17.0 Å². The molecule has 0 saturated heterocycles. The minimum Gasteiger partial charge on any atom is -0.486 e. The second kappa shape index (κ2) is 6.60. The van der Waals surface area contributed by atoms with Gasteiger partial charge in [0.15, 0.2) is 13.2 Å². The number of aromatic nitrogens is 1. The zero-order valence-electron chi connectivity index (χ0n) is 12.5. The van der Waals surface area contributed by atoms with Crippen molar-refractivity contribution in [3.05, 3.63) is 40.1 Å². The van der Waals surface area contributed by atoms with Gasteiger partial charge in [-0.3, -0.25) is 15.1 Å². The van der Waals surface area contributed by atoms with Crippen molar-refractivity contribution < 1.29 is 28.0 Å². The largest absolute Gasteiger partial charge is 0.486 e. The zero-order chi connectivity index (χ0) is 17.9. The number of primary amides is 1. The Labute approximate surface area is 134 Å². The Morgan fingerprint density at radius 2 is 2.12 bits per heavy atom. The number of rotatable bonds is 6. The summed E-state index contributed by atoms with van der Waals surface area (Å²) < 4.78 is 36.2. The second-order valence-electron chi connectivity index (χ2n) is 4.97. The van der Waals surface area contributed by atoms with E-state index in [1.807, 2.05) is 0 Å². The van der Waals surface area contributed by atoms with Gasteiger partial charge < -0.3 is 15.2 Å². The molecule has 2 N–H and O–H groups in total. The van der Waals surface area contributed by atoms with Crippen LogP contribution in [-0.4, -0.2) is 35.1 Å². The number of aryl methyl sites for hydroxylation is 1. The molecule has 1 heterocycles. The number of nitrogens with two attached hydrogens (primary N) is 1. The number of ether oxygens (including phenoxy) is 2. The number of amides is 1. The molecule has 0 aliphatic rings. The molecule has 0 spiro atoms. The standard InChI is InChI=1S/C14H13F2N3O5/c1-8-4-10-9(5-11(8)19(21)22)12(2-3-18-10)23-6-14(15,16)7-24-13(17)20/h2-5H,6-7H2,1H3,(H2,17,20). The van der Waals surface area contributed by atoms with Gasteiger partial charge in [0.05, 0.1) is 10.4 Å². The van der Waals surface area contributed by atoms with E-state index in [2.05, 4.69) is 15.5 Å². The fourth-order valence-corrected chi connectivity index (χ4v) is 1.98. The molecule has 0 radical (unpaired) electrons. The van der Waals surface area contributed by atoms with E-state index in [0.29, 0.717) is 11.1 Å². The lowest BCUT2D eigenvalue weighted by molar-refractivity contribution is -0.385. The Kier molecular flexibility index (Phi) is 4.77. The fourth-order valence-electron chi connectivity index (χ4n) is 1.98. The number of carbonyl (C=O) groups is 1. The summed E-state index contributed by atoms with van der Waals surface area (Å²) in [5.74, 6) is -3.47. The van der Waals surface area contributed by atoms with Gasteiger partial charge in [-0.05, 0) is 19.1 Å². The predicted octanol–water partition coefficient (Wildman–Crippen LogP) is 2.56. The molecular formula is C14H13F2N3O5. The quantitative estimate of drug-likeness (QED) is 0.637. The van der Waals surface area contributed by atoms with Gasteiger partial charge >= 0.3 is 12.0 Å². The predicted molar refractivity (Wildman–Crippen MR) is 79.1 cm³/mol. The number of hydrogen-bond acceptors (Lipinski definition) is 6. The van der Waals surface area contributed by atoms with Gasteiger partial charge in [0.2, 0.25) is 0 Å². The maximum absolute atomic E-state index is 13.6. The van der Waals surface area contributed by atoms with Crippen molar-refractivity contribution >= 4 is 22.7 Å². The first-order valence-electron chi connectivity index (χ1n) is 6.66. The Balaban J connectivity index is 2.27. The average molecular weight is 341 g/mol. The average Bonchev–Trinajstić information content (AvgIpc) is 2.50. The Hall–Kier alpha value is -3.04. The summed E-state index contributed by atoms with van der Waals surface area (Å²) in [5, 5.41) is 11.2. The Morgan fingerprint density at radius 1 is 1.42 bits per heavy atom. The van der Waals surface area contributed by atoms with E-state index < -0.39 is 30.2 Å². The van der Waals surface area contributed by atoms with Gasteiger partial charge in [-0.2, -0.15) is 8.78 Å². The number of nitrogens with zero attached hydrogens (tertiary/aromatic N) is 2. The summed E-state index contributed by atoms with van der Waals surface area (Å²) in [5.41, 5.74) is 5.21. The van der Waals surface area contributed by atoms with Crippen LogP contribution in [0.25, 0.3) is 10.9 Å². The topological polar surface area (TPSA) is 118 Å². The molecule has 1 amide bonds. The summed E-state index contributed by atoms with van der Waals surface area (Å²) in [7, 11) is 0. The molecule has 0 fully saturated rings. The molecule has 10 heteroatoms. The van der Waals surface area contributed by atoms with Gasteiger partial charge in [0, 0.05) is 23.2 Å². The van der Waals surface area contributed by atoms with Crippen LogP contribution < -0.4 is 10.5 Å². The fraction of sp³-hybridized carbons (Fsp3) is 0.286. The van der Waals surface area contributed by atoms with Crippen molar-refractivity contribution in [2.75, 3.05) is 13.2 Å². The van der Waals surface area contributed by atoms with Crippen LogP contribution in [0.15, 0.2) is 24.4 Å². The number of nitro benzene ring substituents is 1. The summed E-state index contributed by atoms with van der Waals surface area (Å²) in [6.45, 7) is -0.784. The Bertz CT molecular complexity index is 797. The summed E-state index contributed by atoms with van der Waals surface area (Å²) >= 11 is 0. The van der Waals surface area contributed by atoms with Crippen molar-refractivity contribution in [2.24, 2.45) is 5.73 Å². The number of hydrogen-bond donors (Lipinski definition) is 1. The van der Waals surface area contributed by atoms with Crippen LogP contribution in [0.5, 0.6) is 5.75 Å². The lowest BCUT2D eigenvalue weighted by atomic mass is 10.1. The molecule has 1 aromatic carbocycles. The molecule has 2 rings (SSSR count). The number of halogens is 2. The molecule has 0 saturated carbocycles. The number of pyridine rings is 1. The molecule has 0 atom stereocenters. The molecule has 0 unspecified atom stereocenters. The van der Waals surface area contributed by atoms with E-state index >= 15 is 0 Å². The van der Waals surface area contributed by atoms with Gasteiger partial charge in [0.1, 0.15) is 5.75 Å². The number of carbonyl (C=O) groups excluding carboxylic acids is 1. The first-order valence-corrected chi connectivity index (χ1v) is 6.66. The first kappa shape index (κ1) is 17.3. The highest BCUT2D eigenvalue weighted by Gasteiger charge is 2.32. The molecule has 24 heavy (non-hydrogen) atoms. The summed E-state index contributed by atoms with van der Waals surface area (Å²) in [4.78, 5) is 24.8. The summed E-state index contributed by atoms with van der Waals surface area (Å²) in [6, 6.07) is 3.99. The number of fused-ring (bicyclic) bond motifs is 1. The lowest BCUT2D eigenvalue weighted by Crippen LogP contribution is -2.33. The molecule has 0 aliphatic carbocycles. The van der Waals surface area contributed by atoms with E-state index in [1.54, 1.807) is 6.92 Å². The highest BCUT2D eigenvalue weighted by Crippen LogP contribution is 2.31. The molecule has 0 aliphatic heterocycles. The third-order valence-electron chi connectivity index (χ3n) is 3.08. The molecule has 0 bridgehead atoms. The third kappa shape index (κ3) is 4.03. The smallest absolute Gasteiger partial charge is 0.404 e. The van der Waals surface area contributed by atoms with Crippen molar-refractivity contribution in [3.63, 3.8) is 0 Å². The monoisotopic (exact) mass is 341 g/mol. The van der Waals surface area contributed by atoms with Crippen LogP contribution in [0.4, 0.5) is 19.3 Å². The van der Waals surface area contributed by atoms with Crippen molar-refractivity contribution in [3.8, 4) is 5.75 Å². The van der Waals surface area contributed by atoms with E-state index in [0.717, 1.165) is 0 Å². The van der Waals surface area contributed by atoms with Crippen molar-refractivity contribution in [2.45, 2.75) is 12.8 Å². The van der Waals surface area contributed by atoms with Crippen LogP contribution in [0.3, 0.4) is 0 Å². The van der Waals surface area contributed by atoms with E-state index in [4.69, 9.17) is 4.74 Å². The number of alkyl halides is 2. The van der Waals surface area contributed by atoms with E-state index in [1.165, 1.54) is 24.4 Å². The SMILES string of the molecule is Cc1cc2nccc(OCC(F)(F)COC(N)=O)c2cc1[N+](=O)[O-]. The van der Waals surface area contributed by atoms with E-state index in [9.17, 15) is 23.7 Å². The molecule has 2 aromatic rings. The second-order valence-corrected chi connectivity index (χ2v) is 4.97. The minimum absolute atomic E-state index is 0.00171. The van der Waals surface area contributed by atoms with Crippen molar-refractivity contribution in [1.82, 2.24) is 4.98 Å². The first-order chi connectivity index (χ1) is 11.2. The van der Waals surface area contributed by atoms with Crippen LogP contribution >= 0.6 is 0 Å². The van der Waals surface area contributed by atoms with E-state index in [-0.39, 0.29) is 16.8 Å². The van der Waals surface area contributed by atoms with Crippen molar-refractivity contribution in [1.29, 1.82) is 0 Å². The molecule has 128 valence electrons. The number of nitro groups is 1. The maximum Gasteiger partial charge on any atom is 0.404 e. The number of benzene rings is 1. The van der Waals surface area contributed by atoms with Gasteiger partial charge in [-0.25, -0.2) is 4.79 Å². The van der Waals surface area contributed by atoms with Gasteiger partial charge in [0.25, 0.3) is 5.69 Å². The van der Waals surface area contributed by atoms with Crippen LogP contribution in [0.1, 0.15) is 5.56 Å². The highest BCUT2D eigenvalue weighted by molar-refractivity contribution is 5.88. The summed E-state index contributed by atoms with van der Waals surface area (Å²) in [6.07, 6.45) is 0.0104. The van der Waals surface area contributed by atoms with Crippen LogP contribution in [0.2, 0.25) is 0 Å².